The van der Waals surface area contributed by atoms with Crippen LogP contribution in [-0.2, 0) is 11.2 Å². The van der Waals surface area contributed by atoms with E-state index in [-0.39, 0.29) is 17.7 Å². The van der Waals surface area contributed by atoms with Gasteiger partial charge in [0.1, 0.15) is 0 Å². The summed E-state index contributed by atoms with van der Waals surface area (Å²) in [5.74, 6) is 1.29. The van der Waals surface area contributed by atoms with Crippen LogP contribution in [0, 0.1) is 11.8 Å². The van der Waals surface area contributed by atoms with Gasteiger partial charge in [0.05, 0.1) is 5.52 Å². The molecule has 0 saturated heterocycles. The smallest absolute Gasteiger partial charge is 0.231 e. The number of carbonyl (C=O) groups excluding carboxylic acids is 2. The number of hydrogen-bond donors (Lipinski definition) is 1. The van der Waals surface area contributed by atoms with Gasteiger partial charge in [-0.3, -0.25) is 14.2 Å². The normalized spacial score (nSPS) is 22.1. The predicted molar refractivity (Wildman–Crippen MR) is 145 cm³/mol. The van der Waals surface area contributed by atoms with Crippen LogP contribution >= 0.6 is 0 Å². The number of nitrogens with one attached hydrogen (secondary N) is 1. The van der Waals surface area contributed by atoms with Crippen molar-refractivity contribution in [3.63, 3.8) is 0 Å². The Morgan fingerprint density at radius 3 is 2.63 bits per heavy atom. The SMILES string of the molecule is CC.CCNC(=O)CC1C=C2C[C@@H](Cc3cn(C(=O)CCC4CCCC4)c4cccc2c34)N(C)C1. The highest BCUT2D eigenvalue weighted by Gasteiger charge is 2.31. The Morgan fingerprint density at radius 2 is 1.89 bits per heavy atom. The maximum Gasteiger partial charge on any atom is 0.231 e. The predicted octanol–water partition coefficient (Wildman–Crippen LogP) is 6.06. The molecule has 2 bridgehead atoms. The molecule has 5 rings (SSSR count). The molecule has 190 valence electrons. The maximum atomic E-state index is 13.3. The van der Waals surface area contributed by atoms with Crippen molar-refractivity contribution in [2.45, 2.75) is 84.6 Å². The molecule has 2 heterocycles. The topological polar surface area (TPSA) is 54.3 Å². The zero-order chi connectivity index (χ0) is 24.9. The molecular formula is C30H43N3O2. The third kappa shape index (κ3) is 5.55. The van der Waals surface area contributed by atoms with Gasteiger partial charge in [-0.2, -0.15) is 0 Å². The van der Waals surface area contributed by atoms with Crippen LogP contribution in [0.4, 0.5) is 0 Å². The van der Waals surface area contributed by atoms with Crippen LogP contribution in [0.1, 0.15) is 88.1 Å². The molecule has 1 unspecified atom stereocenters. The summed E-state index contributed by atoms with van der Waals surface area (Å²) in [6.45, 7) is 7.53. The minimum absolute atomic E-state index is 0.125. The summed E-state index contributed by atoms with van der Waals surface area (Å²) in [7, 11) is 2.18. The molecule has 0 radical (unpaired) electrons. The third-order valence-corrected chi connectivity index (χ3v) is 8.08. The van der Waals surface area contributed by atoms with Crippen molar-refractivity contribution in [2.75, 3.05) is 20.1 Å². The van der Waals surface area contributed by atoms with E-state index in [4.69, 9.17) is 0 Å². The highest BCUT2D eigenvalue weighted by molar-refractivity contribution is 6.01. The van der Waals surface area contributed by atoms with Gasteiger partial charge in [0.15, 0.2) is 0 Å². The number of aromatic nitrogens is 1. The van der Waals surface area contributed by atoms with Gasteiger partial charge in [-0.1, -0.05) is 57.7 Å². The van der Waals surface area contributed by atoms with Crippen molar-refractivity contribution in [3.8, 4) is 0 Å². The van der Waals surface area contributed by atoms with E-state index in [0.29, 0.717) is 25.4 Å². The highest BCUT2D eigenvalue weighted by Crippen LogP contribution is 2.40. The van der Waals surface area contributed by atoms with E-state index in [1.807, 2.05) is 25.3 Å². The second kappa shape index (κ2) is 11.6. The second-order valence-corrected chi connectivity index (χ2v) is 10.4. The molecule has 35 heavy (non-hydrogen) atoms. The van der Waals surface area contributed by atoms with Crippen molar-refractivity contribution in [1.82, 2.24) is 14.8 Å². The third-order valence-electron chi connectivity index (χ3n) is 8.08. The van der Waals surface area contributed by atoms with Gasteiger partial charge in [0.2, 0.25) is 11.8 Å². The molecule has 2 aliphatic carbocycles. The Kier molecular flexibility index (Phi) is 8.48. The fourth-order valence-corrected chi connectivity index (χ4v) is 6.39. The first-order chi connectivity index (χ1) is 17.0. The minimum Gasteiger partial charge on any atom is -0.356 e. The molecule has 1 fully saturated rings. The Hall–Kier alpha value is -2.40. The molecular weight excluding hydrogens is 434 g/mol. The summed E-state index contributed by atoms with van der Waals surface area (Å²) in [5, 5.41) is 4.20. The van der Waals surface area contributed by atoms with Gasteiger partial charge < -0.3 is 10.2 Å². The summed E-state index contributed by atoms with van der Waals surface area (Å²) in [5.41, 5.74) is 4.92. The summed E-state index contributed by atoms with van der Waals surface area (Å²) >= 11 is 0. The van der Waals surface area contributed by atoms with Crippen LogP contribution in [0.3, 0.4) is 0 Å². The summed E-state index contributed by atoms with van der Waals surface area (Å²) in [6, 6.07) is 6.80. The minimum atomic E-state index is 0.125. The summed E-state index contributed by atoms with van der Waals surface area (Å²) in [4.78, 5) is 28.0. The van der Waals surface area contributed by atoms with Crippen molar-refractivity contribution < 1.29 is 9.59 Å². The number of carbonyl (C=O) groups is 2. The van der Waals surface area contributed by atoms with Gasteiger partial charge >= 0.3 is 0 Å². The van der Waals surface area contributed by atoms with E-state index in [1.165, 1.54) is 47.8 Å². The Bertz CT molecular complexity index is 1080. The molecule has 1 aromatic carbocycles. The zero-order valence-electron chi connectivity index (χ0n) is 22.1. The molecule has 1 saturated carbocycles. The molecule has 1 aliphatic heterocycles. The Labute approximate surface area is 210 Å². The highest BCUT2D eigenvalue weighted by atomic mass is 16.2. The summed E-state index contributed by atoms with van der Waals surface area (Å²) < 4.78 is 1.94. The largest absolute Gasteiger partial charge is 0.356 e. The van der Waals surface area contributed by atoms with Gasteiger partial charge in [-0.25, -0.2) is 0 Å². The number of likely N-dealkylation sites (N-methyl/N-ethyl adjacent to an activating group) is 1. The van der Waals surface area contributed by atoms with E-state index >= 15 is 0 Å². The zero-order valence-corrected chi connectivity index (χ0v) is 22.1. The molecule has 2 aromatic rings. The molecule has 5 nitrogen and oxygen atoms in total. The van der Waals surface area contributed by atoms with Crippen molar-refractivity contribution in [3.05, 3.63) is 41.6 Å². The van der Waals surface area contributed by atoms with Crippen LogP contribution in [-0.4, -0.2) is 47.5 Å². The van der Waals surface area contributed by atoms with Crippen LogP contribution in [0.2, 0.25) is 0 Å². The monoisotopic (exact) mass is 477 g/mol. The number of rotatable bonds is 6. The average Bonchev–Trinajstić information content (AvgIpc) is 3.43. The van der Waals surface area contributed by atoms with E-state index in [2.05, 4.69) is 47.7 Å². The quantitative estimate of drug-likeness (QED) is 0.550. The summed E-state index contributed by atoms with van der Waals surface area (Å²) in [6.07, 6.45) is 13.8. The van der Waals surface area contributed by atoms with Crippen molar-refractivity contribution in [1.29, 1.82) is 0 Å². The van der Waals surface area contributed by atoms with Crippen molar-refractivity contribution in [2.24, 2.45) is 11.8 Å². The molecule has 2 atom stereocenters. The Morgan fingerprint density at radius 1 is 1.11 bits per heavy atom. The molecule has 1 amide bonds. The maximum absolute atomic E-state index is 13.3. The van der Waals surface area contributed by atoms with Gasteiger partial charge in [-0.05, 0) is 67.8 Å². The molecule has 3 aliphatic rings. The van der Waals surface area contributed by atoms with Gasteiger partial charge in [0, 0.05) is 43.6 Å². The van der Waals surface area contributed by atoms with E-state index in [0.717, 1.165) is 37.2 Å². The van der Waals surface area contributed by atoms with Gasteiger partial charge in [0.25, 0.3) is 0 Å². The number of hydrogen-bond acceptors (Lipinski definition) is 3. The second-order valence-electron chi connectivity index (χ2n) is 10.4. The molecule has 1 N–H and O–H groups in total. The molecule has 5 heteroatoms. The number of fused-ring (bicyclic) bond motifs is 3. The van der Waals surface area contributed by atoms with Crippen LogP contribution in [0.5, 0.6) is 0 Å². The lowest BCUT2D eigenvalue weighted by Crippen LogP contribution is -2.36. The number of amides is 1. The van der Waals surface area contributed by atoms with E-state index < -0.39 is 0 Å². The molecule has 1 aromatic heterocycles. The lowest BCUT2D eigenvalue weighted by molar-refractivity contribution is -0.121. The number of benzene rings is 1. The van der Waals surface area contributed by atoms with E-state index in [1.54, 1.807) is 0 Å². The average molecular weight is 478 g/mol. The number of nitrogens with zero attached hydrogens (tertiary/aromatic N) is 2. The van der Waals surface area contributed by atoms with Gasteiger partial charge in [-0.15, -0.1) is 0 Å². The molecule has 0 spiro atoms. The van der Waals surface area contributed by atoms with Crippen molar-refractivity contribution >= 4 is 28.3 Å². The van der Waals surface area contributed by atoms with Crippen LogP contribution in [0.15, 0.2) is 30.5 Å². The Balaban J connectivity index is 0.00000141. The standard InChI is InChI=1S/C28H37N3O2.C2H6/c1-3-29-26(32)14-20-13-21-15-23(30(2)17-20)16-22-18-31(25-10-6-9-24(21)28(22)25)27(33)12-11-19-7-4-5-8-19;1-2/h6,9-10,13,18-20,23H,3-5,7-8,11-12,14-17H2,1-2H3,(H,29,32);1-2H3/t20?,23-;/m0./s1. The van der Waals surface area contributed by atoms with Crippen LogP contribution < -0.4 is 5.32 Å². The fourth-order valence-electron chi connectivity index (χ4n) is 6.39. The lowest BCUT2D eigenvalue weighted by Gasteiger charge is -2.27. The first-order valence-electron chi connectivity index (χ1n) is 13.9. The van der Waals surface area contributed by atoms with Crippen LogP contribution in [0.25, 0.3) is 16.5 Å². The fraction of sp³-hybridized carbons (Fsp3) is 0.600. The lowest BCUT2D eigenvalue weighted by atomic mass is 9.94. The van der Waals surface area contributed by atoms with E-state index in [9.17, 15) is 9.59 Å². The first kappa shape index (κ1) is 25.7. The first-order valence-corrected chi connectivity index (χ1v) is 13.9.